The zero-order chi connectivity index (χ0) is 11.3. The lowest BCUT2D eigenvalue weighted by Gasteiger charge is -2.08. The van der Waals surface area contributed by atoms with Gasteiger partial charge in [0.2, 0.25) is 0 Å². The van der Waals surface area contributed by atoms with Crippen LogP contribution in [0.3, 0.4) is 0 Å². The maximum atomic E-state index is 11.6. The van der Waals surface area contributed by atoms with E-state index in [2.05, 4.69) is 0 Å². The summed E-state index contributed by atoms with van der Waals surface area (Å²) in [6.45, 7) is 6.79. The van der Waals surface area contributed by atoms with Crippen molar-refractivity contribution in [3.05, 3.63) is 34.9 Å². The third-order valence-electron chi connectivity index (χ3n) is 2.49. The highest BCUT2D eigenvalue weighted by Crippen LogP contribution is 2.14. The van der Waals surface area contributed by atoms with Crippen LogP contribution in [-0.4, -0.2) is 19.0 Å². The Kier molecular flexibility index (Phi) is 4.50. The Morgan fingerprint density at radius 2 is 1.87 bits per heavy atom. The van der Waals surface area contributed by atoms with Gasteiger partial charge in [-0.15, -0.1) is 0 Å². The third kappa shape index (κ3) is 3.48. The number of benzene rings is 1. The molecule has 0 radical (unpaired) electrons. The van der Waals surface area contributed by atoms with E-state index in [-0.39, 0.29) is 12.4 Å². The molecule has 0 unspecified atom stereocenters. The molecule has 1 aromatic carbocycles. The highest BCUT2D eigenvalue weighted by atomic mass is 16.5. The summed E-state index contributed by atoms with van der Waals surface area (Å²) in [6, 6.07) is 6.09. The van der Waals surface area contributed by atoms with Crippen LogP contribution < -0.4 is 0 Å². The van der Waals surface area contributed by atoms with Gasteiger partial charge in [-0.25, -0.2) is 0 Å². The van der Waals surface area contributed by atoms with Gasteiger partial charge in [-0.05, 0) is 37.5 Å². The number of carbonyl (C=O) groups excluding carboxylic acids is 1. The first-order valence-electron chi connectivity index (χ1n) is 5.29. The summed E-state index contributed by atoms with van der Waals surface area (Å²) in [6.07, 6.45) is 0.485. The Bertz CT molecular complexity index is 322. The number of rotatable bonds is 5. The van der Waals surface area contributed by atoms with Crippen LogP contribution in [0.5, 0.6) is 0 Å². The van der Waals surface area contributed by atoms with Crippen molar-refractivity contribution in [2.24, 2.45) is 0 Å². The molecule has 0 aromatic heterocycles. The lowest BCUT2D eigenvalue weighted by Crippen LogP contribution is -2.12. The Labute approximate surface area is 91.3 Å². The highest BCUT2D eigenvalue weighted by Gasteiger charge is 2.08. The molecule has 0 atom stereocenters. The first-order valence-corrected chi connectivity index (χ1v) is 5.29. The van der Waals surface area contributed by atoms with E-state index in [1.807, 2.05) is 39.0 Å². The minimum Gasteiger partial charge on any atom is -0.374 e. The highest BCUT2D eigenvalue weighted by molar-refractivity contribution is 5.82. The van der Waals surface area contributed by atoms with Crippen molar-refractivity contribution in [2.45, 2.75) is 27.2 Å². The van der Waals surface area contributed by atoms with Gasteiger partial charge in [0, 0.05) is 13.0 Å². The van der Waals surface area contributed by atoms with Crippen molar-refractivity contribution in [3.63, 3.8) is 0 Å². The van der Waals surface area contributed by atoms with Gasteiger partial charge in [0.1, 0.15) is 6.61 Å². The van der Waals surface area contributed by atoms with E-state index in [1.165, 1.54) is 11.1 Å². The molecule has 0 amide bonds. The first-order chi connectivity index (χ1) is 7.15. The van der Waals surface area contributed by atoms with Crippen molar-refractivity contribution >= 4 is 5.78 Å². The zero-order valence-electron chi connectivity index (χ0n) is 9.67. The van der Waals surface area contributed by atoms with Gasteiger partial charge in [0.15, 0.2) is 5.78 Å². The van der Waals surface area contributed by atoms with Crippen LogP contribution in [0.25, 0.3) is 0 Å². The summed E-state index contributed by atoms with van der Waals surface area (Å²) in [7, 11) is 0. The van der Waals surface area contributed by atoms with E-state index < -0.39 is 0 Å². The number of hydrogen-bond donors (Lipinski definition) is 0. The normalized spacial score (nSPS) is 10.3. The summed E-state index contributed by atoms with van der Waals surface area (Å²) in [5.41, 5.74) is 3.50. The van der Waals surface area contributed by atoms with Crippen molar-refractivity contribution < 1.29 is 9.53 Å². The molecule has 0 saturated heterocycles. The lowest BCUT2D eigenvalue weighted by atomic mass is 9.98. The largest absolute Gasteiger partial charge is 0.374 e. The van der Waals surface area contributed by atoms with Gasteiger partial charge < -0.3 is 4.74 Å². The van der Waals surface area contributed by atoms with Crippen molar-refractivity contribution in [3.8, 4) is 0 Å². The fourth-order valence-electron chi connectivity index (χ4n) is 1.59. The predicted octanol–water partition coefficient (Wildman–Crippen LogP) is 2.45. The third-order valence-corrected chi connectivity index (χ3v) is 2.49. The van der Waals surface area contributed by atoms with Crippen LogP contribution in [0.15, 0.2) is 18.2 Å². The monoisotopic (exact) mass is 206 g/mol. The van der Waals surface area contributed by atoms with E-state index in [9.17, 15) is 4.79 Å². The van der Waals surface area contributed by atoms with Gasteiger partial charge in [-0.3, -0.25) is 4.79 Å². The fraction of sp³-hybridized carbons (Fsp3) is 0.462. The maximum absolute atomic E-state index is 11.6. The van der Waals surface area contributed by atoms with Crippen LogP contribution in [0, 0.1) is 13.8 Å². The Hall–Kier alpha value is -1.15. The molecule has 1 rings (SSSR count). The minimum atomic E-state index is 0.147. The second-order valence-electron chi connectivity index (χ2n) is 3.72. The number of ether oxygens (including phenoxy) is 1. The number of hydrogen-bond acceptors (Lipinski definition) is 2. The molecule has 0 N–H and O–H groups in total. The van der Waals surface area contributed by atoms with Crippen LogP contribution in [0.2, 0.25) is 0 Å². The van der Waals surface area contributed by atoms with Crippen LogP contribution in [-0.2, 0) is 16.0 Å². The number of Topliss-reactive ketones (excluding diaryl/α,β-unsaturated/α-hetero) is 1. The first kappa shape index (κ1) is 11.9. The average molecular weight is 206 g/mol. The molecule has 1 aromatic rings. The fourth-order valence-corrected chi connectivity index (χ4v) is 1.59. The summed E-state index contributed by atoms with van der Waals surface area (Å²) < 4.78 is 5.10. The topological polar surface area (TPSA) is 26.3 Å². The van der Waals surface area contributed by atoms with E-state index >= 15 is 0 Å². The molecular weight excluding hydrogens is 188 g/mol. The number of ketones is 1. The quantitative estimate of drug-likeness (QED) is 0.739. The smallest absolute Gasteiger partial charge is 0.162 e. The Morgan fingerprint density at radius 3 is 2.40 bits per heavy atom. The van der Waals surface area contributed by atoms with Crippen LogP contribution in [0.4, 0.5) is 0 Å². The SMILES string of the molecule is CCOCC(=O)Cc1c(C)cccc1C. The molecule has 0 aliphatic heterocycles. The van der Waals surface area contributed by atoms with E-state index in [4.69, 9.17) is 4.74 Å². The van der Waals surface area contributed by atoms with Gasteiger partial charge in [0.05, 0.1) is 0 Å². The molecule has 0 bridgehead atoms. The minimum absolute atomic E-state index is 0.147. The van der Waals surface area contributed by atoms with Crippen molar-refractivity contribution in [1.82, 2.24) is 0 Å². The molecular formula is C13H18O2. The molecule has 2 nitrogen and oxygen atoms in total. The molecule has 0 spiro atoms. The molecule has 15 heavy (non-hydrogen) atoms. The Morgan fingerprint density at radius 1 is 1.27 bits per heavy atom. The summed E-state index contributed by atoms with van der Waals surface area (Å²) in [5, 5.41) is 0. The average Bonchev–Trinajstić information content (AvgIpc) is 2.21. The number of carbonyl (C=O) groups is 1. The van der Waals surface area contributed by atoms with E-state index in [0.717, 1.165) is 5.56 Å². The Balaban J connectivity index is 2.68. The summed E-state index contributed by atoms with van der Waals surface area (Å²) in [4.78, 5) is 11.6. The van der Waals surface area contributed by atoms with Crippen molar-refractivity contribution in [2.75, 3.05) is 13.2 Å². The van der Waals surface area contributed by atoms with Crippen LogP contribution >= 0.6 is 0 Å². The predicted molar refractivity (Wildman–Crippen MR) is 61.1 cm³/mol. The summed E-state index contributed by atoms with van der Waals surface area (Å²) >= 11 is 0. The lowest BCUT2D eigenvalue weighted by molar-refractivity contribution is -0.122. The zero-order valence-corrected chi connectivity index (χ0v) is 9.67. The maximum Gasteiger partial charge on any atom is 0.162 e. The van der Waals surface area contributed by atoms with E-state index in [0.29, 0.717) is 13.0 Å². The molecule has 0 heterocycles. The molecule has 82 valence electrons. The van der Waals surface area contributed by atoms with E-state index in [1.54, 1.807) is 0 Å². The number of aryl methyl sites for hydroxylation is 2. The van der Waals surface area contributed by atoms with Gasteiger partial charge in [-0.2, -0.15) is 0 Å². The second-order valence-corrected chi connectivity index (χ2v) is 3.72. The molecule has 0 saturated carbocycles. The molecule has 2 heteroatoms. The van der Waals surface area contributed by atoms with Crippen molar-refractivity contribution in [1.29, 1.82) is 0 Å². The van der Waals surface area contributed by atoms with Gasteiger partial charge in [-0.1, -0.05) is 18.2 Å². The molecule has 0 fully saturated rings. The molecule has 0 aliphatic carbocycles. The van der Waals surface area contributed by atoms with Crippen LogP contribution in [0.1, 0.15) is 23.6 Å². The second kappa shape index (κ2) is 5.66. The summed E-state index contributed by atoms with van der Waals surface area (Å²) in [5.74, 6) is 0.147. The van der Waals surface area contributed by atoms with Gasteiger partial charge >= 0.3 is 0 Å². The van der Waals surface area contributed by atoms with Gasteiger partial charge in [0.25, 0.3) is 0 Å². The molecule has 0 aliphatic rings. The standard InChI is InChI=1S/C13H18O2/c1-4-15-9-12(14)8-13-10(2)6-5-7-11(13)3/h5-7H,4,8-9H2,1-3H3.